The van der Waals surface area contributed by atoms with Crippen LogP contribution in [0.1, 0.15) is 6.92 Å². The van der Waals surface area contributed by atoms with E-state index in [1.165, 1.54) is 0 Å². The molecule has 2 fully saturated rings. The van der Waals surface area contributed by atoms with E-state index in [0.29, 0.717) is 58.2 Å². The van der Waals surface area contributed by atoms with Gasteiger partial charge in [-0.1, -0.05) is 30.3 Å². The van der Waals surface area contributed by atoms with Gasteiger partial charge in [-0.05, 0) is 29.8 Å². The second-order valence-electron chi connectivity index (χ2n) is 7.46. The van der Waals surface area contributed by atoms with Crippen molar-refractivity contribution in [3.63, 3.8) is 0 Å². The molecule has 2 saturated heterocycles. The van der Waals surface area contributed by atoms with Gasteiger partial charge in [0.25, 0.3) is 5.91 Å². The maximum absolute atomic E-state index is 12.8. The first kappa shape index (κ1) is 19.5. The highest BCUT2D eigenvalue weighted by molar-refractivity contribution is 5.84. The number of benzene rings is 2. The van der Waals surface area contributed by atoms with Crippen molar-refractivity contribution in [2.75, 3.05) is 52.5 Å². The minimum atomic E-state index is -0.572. The highest BCUT2D eigenvalue weighted by atomic mass is 16.5. The Labute approximate surface area is 170 Å². The number of carbonyl (C=O) groups excluding carboxylic acids is 2. The van der Waals surface area contributed by atoms with E-state index in [1.807, 2.05) is 52.3 Å². The molecule has 2 aliphatic rings. The molecule has 0 N–H and O–H groups in total. The Morgan fingerprint density at radius 2 is 1.48 bits per heavy atom. The van der Waals surface area contributed by atoms with Crippen LogP contribution in [0.5, 0.6) is 5.75 Å². The zero-order valence-electron chi connectivity index (χ0n) is 16.8. The van der Waals surface area contributed by atoms with Crippen molar-refractivity contribution in [1.29, 1.82) is 0 Å². The van der Waals surface area contributed by atoms with Crippen LogP contribution in [0.2, 0.25) is 0 Å². The van der Waals surface area contributed by atoms with Gasteiger partial charge in [-0.3, -0.25) is 4.79 Å². The third-order valence-corrected chi connectivity index (χ3v) is 5.53. The fourth-order valence-electron chi connectivity index (χ4n) is 3.83. The molecular weight excluding hydrogens is 370 g/mol. The predicted octanol–water partition coefficient (Wildman–Crippen LogP) is 2.20. The molecule has 2 aromatic rings. The molecule has 154 valence electrons. The number of carbonyl (C=O) groups is 2. The fraction of sp³-hybridized carbons (Fsp3) is 0.455. The smallest absolute Gasteiger partial charge is 0.320 e. The molecule has 0 aromatic heterocycles. The Hall–Kier alpha value is -2.80. The standard InChI is InChI=1S/C22H27N3O4/c1-17(29-20-7-6-18-4-2-3-5-19(18)16-20)21(26)23-8-10-24(11-9-23)22(27)25-12-14-28-15-13-25/h2-7,16-17H,8-15H2,1H3. The first-order valence-electron chi connectivity index (χ1n) is 10.2. The van der Waals surface area contributed by atoms with Gasteiger partial charge in [0.1, 0.15) is 5.75 Å². The highest BCUT2D eigenvalue weighted by Gasteiger charge is 2.30. The Balaban J connectivity index is 1.30. The zero-order chi connectivity index (χ0) is 20.2. The number of rotatable bonds is 3. The van der Waals surface area contributed by atoms with Gasteiger partial charge in [0, 0.05) is 39.3 Å². The molecular formula is C22H27N3O4. The maximum atomic E-state index is 12.8. The summed E-state index contributed by atoms with van der Waals surface area (Å²) in [4.78, 5) is 30.8. The summed E-state index contributed by atoms with van der Waals surface area (Å²) in [5.41, 5.74) is 0. The van der Waals surface area contributed by atoms with Gasteiger partial charge in [-0.15, -0.1) is 0 Å². The lowest BCUT2D eigenvalue weighted by Gasteiger charge is -2.39. The Bertz CT molecular complexity index is 873. The SMILES string of the molecule is CC(Oc1ccc2ccccc2c1)C(=O)N1CCN(C(=O)N2CCOCC2)CC1. The second kappa shape index (κ2) is 8.69. The maximum Gasteiger partial charge on any atom is 0.320 e. The van der Waals surface area contributed by atoms with Gasteiger partial charge in [-0.25, -0.2) is 4.79 Å². The van der Waals surface area contributed by atoms with Crippen LogP contribution in [0.3, 0.4) is 0 Å². The number of morpholine rings is 1. The highest BCUT2D eigenvalue weighted by Crippen LogP contribution is 2.22. The first-order valence-corrected chi connectivity index (χ1v) is 10.2. The van der Waals surface area contributed by atoms with Gasteiger partial charge < -0.3 is 24.2 Å². The van der Waals surface area contributed by atoms with E-state index in [2.05, 4.69) is 0 Å². The fourth-order valence-corrected chi connectivity index (χ4v) is 3.83. The van der Waals surface area contributed by atoms with Crippen LogP contribution in [0.15, 0.2) is 42.5 Å². The summed E-state index contributed by atoms with van der Waals surface area (Å²) in [5.74, 6) is 0.641. The second-order valence-corrected chi connectivity index (χ2v) is 7.46. The van der Waals surface area contributed by atoms with Crippen LogP contribution >= 0.6 is 0 Å². The lowest BCUT2D eigenvalue weighted by Crippen LogP contribution is -2.57. The Morgan fingerprint density at radius 1 is 0.862 bits per heavy atom. The lowest BCUT2D eigenvalue weighted by molar-refractivity contribution is -0.139. The van der Waals surface area contributed by atoms with E-state index in [-0.39, 0.29) is 11.9 Å². The van der Waals surface area contributed by atoms with Crippen molar-refractivity contribution in [3.05, 3.63) is 42.5 Å². The van der Waals surface area contributed by atoms with Crippen molar-refractivity contribution in [1.82, 2.24) is 14.7 Å². The summed E-state index contributed by atoms with van der Waals surface area (Å²) in [6.45, 7) is 6.38. The van der Waals surface area contributed by atoms with E-state index >= 15 is 0 Å². The molecule has 0 bridgehead atoms. The van der Waals surface area contributed by atoms with E-state index in [4.69, 9.17) is 9.47 Å². The molecule has 1 atom stereocenters. The van der Waals surface area contributed by atoms with Crippen molar-refractivity contribution in [2.45, 2.75) is 13.0 Å². The van der Waals surface area contributed by atoms with Crippen molar-refractivity contribution < 1.29 is 19.1 Å². The molecule has 4 rings (SSSR count). The van der Waals surface area contributed by atoms with Gasteiger partial charge >= 0.3 is 6.03 Å². The molecule has 0 spiro atoms. The summed E-state index contributed by atoms with van der Waals surface area (Å²) in [5, 5.41) is 2.22. The normalized spacial score (nSPS) is 18.6. The molecule has 0 aliphatic carbocycles. The van der Waals surface area contributed by atoms with Crippen molar-refractivity contribution >= 4 is 22.7 Å². The Morgan fingerprint density at radius 3 is 2.21 bits per heavy atom. The minimum Gasteiger partial charge on any atom is -0.481 e. The van der Waals surface area contributed by atoms with Gasteiger partial charge in [0.05, 0.1) is 13.2 Å². The van der Waals surface area contributed by atoms with E-state index in [0.717, 1.165) is 10.8 Å². The molecule has 7 heteroatoms. The number of hydrogen-bond donors (Lipinski definition) is 0. The summed E-state index contributed by atoms with van der Waals surface area (Å²) in [6, 6.07) is 13.9. The largest absolute Gasteiger partial charge is 0.481 e. The number of piperazine rings is 1. The van der Waals surface area contributed by atoms with Crippen LogP contribution < -0.4 is 4.74 Å². The molecule has 0 saturated carbocycles. The average Bonchev–Trinajstić information content (AvgIpc) is 2.78. The van der Waals surface area contributed by atoms with Crippen LogP contribution in [-0.2, 0) is 9.53 Å². The van der Waals surface area contributed by atoms with E-state index in [1.54, 1.807) is 11.8 Å². The molecule has 0 radical (unpaired) electrons. The number of ether oxygens (including phenoxy) is 2. The molecule has 29 heavy (non-hydrogen) atoms. The quantitative estimate of drug-likeness (QED) is 0.797. The summed E-state index contributed by atoms with van der Waals surface area (Å²) >= 11 is 0. The van der Waals surface area contributed by atoms with Crippen molar-refractivity contribution in [2.24, 2.45) is 0 Å². The molecule has 7 nitrogen and oxygen atoms in total. The number of hydrogen-bond acceptors (Lipinski definition) is 4. The van der Waals surface area contributed by atoms with Crippen LogP contribution in [0, 0.1) is 0 Å². The average molecular weight is 397 g/mol. The van der Waals surface area contributed by atoms with Crippen LogP contribution in [-0.4, -0.2) is 85.2 Å². The number of amides is 3. The number of urea groups is 1. The minimum absolute atomic E-state index is 0.0425. The van der Waals surface area contributed by atoms with Crippen LogP contribution in [0.25, 0.3) is 10.8 Å². The summed E-state index contributed by atoms with van der Waals surface area (Å²) in [6.07, 6.45) is -0.572. The topological polar surface area (TPSA) is 62.3 Å². The summed E-state index contributed by atoms with van der Waals surface area (Å²) in [7, 11) is 0. The van der Waals surface area contributed by atoms with Gasteiger partial charge in [0.2, 0.25) is 0 Å². The van der Waals surface area contributed by atoms with Gasteiger partial charge in [0.15, 0.2) is 6.10 Å². The first-order chi connectivity index (χ1) is 14.1. The van der Waals surface area contributed by atoms with E-state index < -0.39 is 6.10 Å². The lowest BCUT2D eigenvalue weighted by atomic mass is 10.1. The molecule has 2 aliphatic heterocycles. The number of nitrogens with zero attached hydrogens (tertiary/aromatic N) is 3. The monoisotopic (exact) mass is 397 g/mol. The van der Waals surface area contributed by atoms with E-state index in [9.17, 15) is 9.59 Å². The molecule has 1 unspecified atom stereocenters. The predicted molar refractivity (Wildman–Crippen MR) is 110 cm³/mol. The zero-order valence-corrected chi connectivity index (χ0v) is 16.8. The molecule has 2 aromatic carbocycles. The third-order valence-electron chi connectivity index (χ3n) is 5.53. The third kappa shape index (κ3) is 4.45. The van der Waals surface area contributed by atoms with Crippen LogP contribution in [0.4, 0.5) is 4.79 Å². The molecule has 2 heterocycles. The Kier molecular flexibility index (Phi) is 5.85. The van der Waals surface area contributed by atoms with Gasteiger partial charge in [-0.2, -0.15) is 0 Å². The molecule has 3 amide bonds. The van der Waals surface area contributed by atoms with Crippen molar-refractivity contribution in [3.8, 4) is 5.75 Å². The number of fused-ring (bicyclic) bond motifs is 1. The summed E-state index contributed by atoms with van der Waals surface area (Å²) < 4.78 is 11.2.